The number of furan rings is 4. The highest BCUT2D eigenvalue weighted by molar-refractivity contribution is 6.42. The fourth-order valence-electron chi connectivity index (χ4n) is 21.9. The van der Waals surface area contributed by atoms with Crippen LogP contribution < -0.4 is 0 Å². The summed E-state index contributed by atoms with van der Waals surface area (Å²) in [4.78, 5) is 0. The molecular weight excluding hydrogens is 1550 g/mol. The minimum absolute atomic E-state index is 0.895. The van der Waals surface area contributed by atoms with Crippen molar-refractivity contribution >= 4 is 218 Å². The van der Waals surface area contributed by atoms with Gasteiger partial charge in [-0.3, -0.25) is 0 Å². The zero-order valence-electron chi connectivity index (χ0n) is 68.3. The molecule has 7 heterocycles. The van der Waals surface area contributed by atoms with Crippen molar-refractivity contribution in [2.45, 2.75) is 0 Å². The summed E-state index contributed by atoms with van der Waals surface area (Å²) < 4.78 is 33.1. The van der Waals surface area contributed by atoms with E-state index in [1.54, 1.807) is 0 Å². The standard InChI is InChI=1S/2C42H25NO.C36H19NO2/c1-3-11-26(12-4-1)28-23-29(27-13-5-2-6-14-27)25-30(24-28)43-35-19-9-17-33-31-15-7-8-16-32(31)34-18-10-20-37-40(34)42-38(44-37)22-21-36(43)41(42)39(33)35;1-2-9-26(10-3-1)27-19-21-28(22-20-27)29-11-6-12-30(25-29)43-35-17-7-15-33-31-13-4-5-14-32(31)34-16-8-18-37-40(34)42-38(44-37)24-23-36(43)41(42)39(33)35;1-2-8-22-21(7-1)25-10-5-12-27-33(25)35-28(17-18-31-36(35)34-26(22)11-6-14-30(34)39-31)37(27)20-15-16-24-23-9-3-4-13-29(23)38-32(24)19-20/h2*1-25H;1-19H. The average molecular weight is 1620 g/mol. The molecular formula is C120H69N3O4. The summed E-state index contributed by atoms with van der Waals surface area (Å²) in [5.74, 6) is 0. The van der Waals surface area contributed by atoms with Gasteiger partial charge in [0.15, 0.2) is 0 Å². The summed E-state index contributed by atoms with van der Waals surface area (Å²) in [6.07, 6.45) is 0. The molecule has 127 heavy (non-hydrogen) atoms. The van der Waals surface area contributed by atoms with Crippen molar-refractivity contribution in [2.24, 2.45) is 0 Å². The number of aromatic nitrogens is 3. The number of hydrogen-bond acceptors (Lipinski definition) is 4. The van der Waals surface area contributed by atoms with Crippen molar-refractivity contribution in [3.8, 4) is 61.6 Å². The molecule has 0 aliphatic rings. The molecule has 0 aliphatic carbocycles. The minimum atomic E-state index is 0.895. The number of para-hydroxylation sites is 1. The molecule has 0 saturated heterocycles. The smallest absolute Gasteiger partial charge is 0.137 e. The van der Waals surface area contributed by atoms with Crippen LogP contribution in [-0.4, -0.2) is 13.7 Å². The largest absolute Gasteiger partial charge is 0.456 e. The minimum Gasteiger partial charge on any atom is -0.456 e. The van der Waals surface area contributed by atoms with Gasteiger partial charge in [0.2, 0.25) is 0 Å². The number of fused-ring (bicyclic) bond motifs is 12. The zero-order valence-corrected chi connectivity index (χ0v) is 68.3. The van der Waals surface area contributed by atoms with Gasteiger partial charge in [-0.25, -0.2) is 0 Å². The van der Waals surface area contributed by atoms with Crippen molar-refractivity contribution in [3.63, 3.8) is 0 Å². The third kappa shape index (κ3) is 10.1. The SMILES string of the molecule is c1ccc(-c2cc(-c3ccccc3)cc(-n3c4cccc5c6ccccc6c6cccc7oc8ccc3c(c8c76)c54)c2)cc1.c1ccc(-c2ccc(-c3cccc(-n4c5cccc6c7ccccc7c7cccc8oc9ccc4c(c9c87)c65)c3)cc2)cc1.c1ccc2c(c1)oc1cc(-n3c4cccc5c6ccccc6c6cccc7oc8ccc3c(c8c76)c54)ccc12. The Morgan fingerprint density at radius 1 is 0.118 bits per heavy atom. The highest BCUT2D eigenvalue weighted by atomic mass is 16.3. The van der Waals surface area contributed by atoms with Crippen LogP contribution in [0.4, 0.5) is 0 Å². The van der Waals surface area contributed by atoms with E-state index in [-0.39, 0.29) is 0 Å². The average Bonchev–Trinajstić information content (AvgIpc) is 1.54. The highest BCUT2D eigenvalue weighted by Gasteiger charge is 2.29. The Balaban J connectivity index is 0.0000000968. The first-order valence-corrected chi connectivity index (χ1v) is 43.5. The molecule has 0 N–H and O–H groups in total. The quantitative estimate of drug-likeness (QED) is 0.159. The van der Waals surface area contributed by atoms with Gasteiger partial charge in [-0.05, 0) is 230 Å². The van der Waals surface area contributed by atoms with E-state index in [0.717, 1.165) is 78.0 Å². The predicted molar refractivity (Wildman–Crippen MR) is 532 cm³/mol. The molecule has 0 atom stereocenters. The monoisotopic (exact) mass is 1620 g/mol. The molecule has 30 aromatic rings. The van der Waals surface area contributed by atoms with Gasteiger partial charge in [0.25, 0.3) is 0 Å². The number of nitrogens with zero attached hydrogens (tertiary/aromatic N) is 3. The fraction of sp³-hybridized carbons (Fsp3) is 0. The van der Waals surface area contributed by atoms with E-state index in [4.69, 9.17) is 17.7 Å². The first kappa shape index (κ1) is 69.6. The lowest BCUT2D eigenvalue weighted by molar-refractivity contribution is 0.668. The Bertz CT molecular complexity index is 9720. The third-order valence-corrected chi connectivity index (χ3v) is 27.2. The van der Waals surface area contributed by atoms with E-state index >= 15 is 0 Å². The van der Waals surface area contributed by atoms with Crippen molar-refractivity contribution < 1.29 is 17.7 Å². The maximum absolute atomic E-state index is 6.55. The lowest BCUT2D eigenvalue weighted by Crippen LogP contribution is -1.96. The van der Waals surface area contributed by atoms with Gasteiger partial charge < -0.3 is 31.4 Å². The normalized spacial score (nSPS) is 12.3. The van der Waals surface area contributed by atoms with Gasteiger partial charge >= 0.3 is 0 Å². The Morgan fingerprint density at radius 2 is 0.386 bits per heavy atom. The molecule has 0 spiro atoms. The first-order chi connectivity index (χ1) is 63.0. The summed E-state index contributed by atoms with van der Waals surface area (Å²) in [5.41, 5.74) is 27.5. The molecule has 7 aromatic heterocycles. The van der Waals surface area contributed by atoms with Crippen molar-refractivity contribution in [1.29, 1.82) is 0 Å². The molecule has 0 radical (unpaired) electrons. The molecule has 0 saturated carbocycles. The molecule has 0 unspecified atom stereocenters. The Kier molecular flexibility index (Phi) is 14.7. The van der Waals surface area contributed by atoms with Crippen LogP contribution in [-0.2, 0) is 0 Å². The summed E-state index contributed by atoms with van der Waals surface area (Å²) >= 11 is 0. The summed E-state index contributed by atoms with van der Waals surface area (Å²) in [6, 6.07) is 151. The van der Waals surface area contributed by atoms with Crippen molar-refractivity contribution in [1.82, 2.24) is 13.7 Å². The molecule has 30 rings (SSSR count). The lowest BCUT2D eigenvalue weighted by Gasteiger charge is -2.14. The summed E-state index contributed by atoms with van der Waals surface area (Å²) in [6.45, 7) is 0. The Hall–Kier alpha value is -17.0. The van der Waals surface area contributed by atoms with E-state index in [9.17, 15) is 0 Å². The first-order valence-electron chi connectivity index (χ1n) is 43.5. The van der Waals surface area contributed by atoms with E-state index in [0.29, 0.717) is 0 Å². The van der Waals surface area contributed by atoms with Gasteiger partial charge in [0, 0.05) is 98.5 Å². The van der Waals surface area contributed by atoms with Crippen LogP contribution in [0.2, 0.25) is 0 Å². The molecule has 0 amide bonds. The van der Waals surface area contributed by atoms with Crippen LogP contribution in [0.15, 0.2) is 436 Å². The molecule has 0 aliphatic heterocycles. The number of hydrogen-bond donors (Lipinski definition) is 0. The third-order valence-electron chi connectivity index (χ3n) is 27.2. The molecule has 588 valence electrons. The van der Waals surface area contributed by atoms with E-state index in [2.05, 4.69) is 420 Å². The molecule has 0 fully saturated rings. The van der Waals surface area contributed by atoms with Crippen LogP contribution >= 0.6 is 0 Å². The highest BCUT2D eigenvalue weighted by Crippen LogP contribution is 2.53. The number of rotatable bonds is 7. The fourth-order valence-corrected chi connectivity index (χ4v) is 21.9. The van der Waals surface area contributed by atoms with E-state index in [1.165, 1.54) is 201 Å². The van der Waals surface area contributed by atoms with E-state index in [1.807, 2.05) is 12.1 Å². The number of benzene rings is 20. The molecule has 23 aromatic carbocycles. The topological polar surface area (TPSA) is 67.3 Å². The molecule has 7 nitrogen and oxygen atoms in total. The maximum atomic E-state index is 6.55. The van der Waals surface area contributed by atoms with E-state index < -0.39 is 0 Å². The van der Waals surface area contributed by atoms with Crippen LogP contribution in [0.5, 0.6) is 0 Å². The summed E-state index contributed by atoms with van der Waals surface area (Å²) in [5, 5.41) is 31.8. The van der Waals surface area contributed by atoms with Crippen molar-refractivity contribution in [2.75, 3.05) is 0 Å². The molecule has 7 heteroatoms. The second-order valence-electron chi connectivity index (χ2n) is 33.9. The van der Waals surface area contributed by atoms with Gasteiger partial charge in [0.1, 0.15) is 44.7 Å². The second-order valence-corrected chi connectivity index (χ2v) is 33.9. The predicted octanol–water partition coefficient (Wildman–Crippen LogP) is 33.8. The molecule has 0 bridgehead atoms. The van der Waals surface area contributed by atoms with Gasteiger partial charge in [-0.2, -0.15) is 0 Å². The van der Waals surface area contributed by atoms with Crippen LogP contribution in [0.25, 0.3) is 279 Å². The lowest BCUT2D eigenvalue weighted by atomic mass is 9.95. The Morgan fingerprint density at radius 3 is 0.803 bits per heavy atom. The van der Waals surface area contributed by atoms with Crippen molar-refractivity contribution in [3.05, 3.63) is 419 Å². The van der Waals surface area contributed by atoms with Gasteiger partial charge in [-0.15, -0.1) is 0 Å². The Labute approximate surface area is 724 Å². The maximum Gasteiger partial charge on any atom is 0.137 e. The second kappa shape index (κ2) is 26.8. The zero-order chi connectivity index (χ0) is 82.8. The van der Waals surface area contributed by atoms with Crippen LogP contribution in [0.1, 0.15) is 0 Å². The van der Waals surface area contributed by atoms with Crippen LogP contribution in [0, 0.1) is 0 Å². The van der Waals surface area contributed by atoms with Crippen LogP contribution in [0.3, 0.4) is 0 Å². The summed E-state index contributed by atoms with van der Waals surface area (Å²) in [7, 11) is 0. The van der Waals surface area contributed by atoms with Gasteiger partial charge in [0.05, 0.1) is 33.1 Å². The van der Waals surface area contributed by atoms with Gasteiger partial charge in [-0.1, -0.05) is 291 Å².